The first-order valence-electron chi connectivity index (χ1n) is 8.71. The first-order chi connectivity index (χ1) is 11.6. The summed E-state index contributed by atoms with van der Waals surface area (Å²) >= 11 is 0. The van der Waals surface area contributed by atoms with Crippen molar-refractivity contribution < 1.29 is 13.2 Å². The molecule has 1 fully saturated rings. The third-order valence-corrected chi connectivity index (χ3v) is 6.01. The van der Waals surface area contributed by atoms with E-state index in [1.165, 1.54) is 0 Å². The van der Waals surface area contributed by atoms with Gasteiger partial charge in [-0.1, -0.05) is 18.2 Å². The van der Waals surface area contributed by atoms with Crippen LogP contribution in [-0.2, 0) is 21.4 Å². The Morgan fingerprint density at radius 1 is 1.27 bits per heavy atom. The van der Waals surface area contributed by atoms with Gasteiger partial charge in [-0.3, -0.25) is 4.79 Å². The normalized spacial score (nSPS) is 20.9. The highest BCUT2D eigenvalue weighted by Crippen LogP contribution is 2.19. The van der Waals surface area contributed by atoms with Crippen LogP contribution in [-0.4, -0.2) is 32.5 Å². The fourth-order valence-electron chi connectivity index (χ4n) is 3.07. The van der Waals surface area contributed by atoms with E-state index in [4.69, 9.17) is 0 Å². The molecule has 1 aliphatic heterocycles. The summed E-state index contributed by atoms with van der Waals surface area (Å²) in [6.45, 7) is 8.51. The summed E-state index contributed by atoms with van der Waals surface area (Å²) in [5.41, 5.74) is 0.0232. The largest absolute Gasteiger partial charge is 0.352 e. The van der Waals surface area contributed by atoms with Gasteiger partial charge in [0.1, 0.15) is 0 Å². The van der Waals surface area contributed by atoms with Gasteiger partial charge in [-0.15, -0.1) is 12.4 Å². The average Bonchev–Trinajstić information content (AvgIpc) is 2.50. The second-order valence-corrected chi connectivity index (χ2v) is 9.41. The zero-order valence-electron chi connectivity index (χ0n) is 15.8. The van der Waals surface area contributed by atoms with Gasteiger partial charge in [0.25, 0.3) is 0 Å². The molecule has 1 amide bonds. The summed E-state index contributed by atoms with van der Waals surface area (Å²) in [5, 5.41) is 6.23. The van der Waals surface area contributed by atoms with Crippen molar-refractivity contribution in [3.05, 3.63) is 29.8 Å². The molecule has 26 heavy (non-hydrogen) atoms. The van der Waals surface area contributed by atoms with Crippen LogP contribution in [0.5, 0.6) is 0 Å². The van der Waals surface area contributed by atoms with Gasteiger partial charge in [0.05, 0.1) is 4.90 Å². The summed E-state index contributed by atoms with van der Waals surface area (Å²) in [6.07, 6.45) is 1.61. The molecule has 0 unspecified atom stereocenters. The lowest BCUT2D eigenvalue weighted by molar-refractivity contribution is -0.126. The van der Waals surface area contributed by atoms with E-state index in [1.807, 2.05) is 0 Å². The topological polar surface area (TPSA) is 87.3 Å². The number of nitrogens with one attached hydrogen (secondary N) is 3. The number of rotatable bonds is 5. The van der Waals surface area contributed by atoms with Gasteiger partial charge >= 0.3 is 0 Å². The van der Waals surface area contributed by atoms with Crippen molar-refractivity contribution in [1.82, 2.24) is 15.4 Å². The van der Waals surface area contributed by atoms with Crippen LogP contribution in [0.2, 0.25) is 0 Å². The van der Waals surface area contributed by atoms with Crippen LogP contribution in [0.4, 0.5) is 0 Å². The van der Waals surface area contributed by atoms with E-state index in [2.05, 4.69) is 22.3 Å². The number of sulfonamides is 1. The molecule has 2 atom stereocenters. The number of hydrogen-bond donors (Lipinski definition) is 3. The zero-order valence-corrected chi connectivity index (χ0v) is 17.5. The lowest BCUT2D eigenvalue weighted by Gasteiger charge is -2.27. The van der Waals surface area contributed by atoms with E-state index < -0.39 is 15.6 Å². The van der Waals surface area contributed by atoms with Crippen molar-refractivity contribution in [3.63, 3.8) is 0 Å². The van der Waals surface area contributed by atoms with E-state index in [1.54, 1.807) is 45.0 Å². The number of benzene rings is 1. The van der Waals surface area contributed by atoms with E-state index in [-0.39, 0.29) is 35.7 Å². The molecular weight excluding hydrogens is 374 g/mol. The van der Waals surface area contributed by atoms with Gasteiger partial charge in [-0.25, -0.2) is 13.1 Å². The van der Waals surface area contributed by atoms with Crippen molar-refractivity contribution >= 4 is 28.3 Å². The minimum absolute atomic E-state index is 0. The third-order valence-electron chi connectivity index (χ3n) is 4.15. The van der Waals surface area contributed by atoms with E-state index in [9.17, 15) is 13.2 Å². The summed E-state index contributed by atoms with van der Waals surface area (Å²) in [6, 6.07) is 7.11. The van der Waals surface area contributed by atoms with Crippen molar-refractivity contribution in [3.8, 4) is 0 Å². The Morgan fingerprint density at radius 2 is 1.92 bits per heavy atom. The minimum Gasteiger partial charge on any atom is -0.352 e. The summed E-state index contributed by atoms with van der Waals surface area (Å²) in [4.78, 5) is 12.6. The predicted octanol–water partition coefficient (Wildman–Crippen LogP) is 2.19. The molecule has 0 aromatic heterocycles. The molecule has 1 aliphatic rings. The molecule has 0 bridgehead atoms. The van der Waals surface area contributed by atoms with Gasteiger partial charge in [0.15, 0.2) is 0 Å². The zero-order chi connectivity index (χ0) is 18.7. The Kier molecular flexibility index (Phi) is 8.07. The van der Waals surface area contributed by atoms with Crippen molar-refractivity contribution in [1.29, 1.82) is 0 Å². The molecular formula is C18H30ClN3O3S. The maximum atomic E-state index is 12.6. The number of carbonyl (C=O) groups is 1. The van der Waals surface area contributed by atoms with E-state index >= 15 is 0 Å². The molecule has 1 heterocycles. The summed E-state index contributed by atoms with van der Waals surface area (Å²) < 4.78 is 27.9. The molecule has 2 rings (SSSR count). The van der Waals surface area contributed by atoms with Crippen LogP contribution in [0.15, 0.2) is 29.2 Å². The molecule has 6 nitrogen and oxygen atoms in total. The Balaban J connectivity index is 0.00000338. The quantitative estimate of drug-likeness (QED) is 0.703. The van der Waals surface area contributed by atoms with Crippen LogP contribution in [0, 0.1) is 5.92 Å². The number of hydrogen-bond acceptors (Lipinski definition) is 4. The van der Waals surface area contributed by atoms with Gasteiger partial charge in [-0.2, -0.15) is 0 Å². The number of amides is 1. The Labute approximate surface area is 163 Å². The number of piperidine rings is 1. The van der Waals surface area contributed by atoms with Crippen molar-refractivity contribution in [2.24, 2.45) is 5.92 Å². The molecule has 148 valence electrons. The second-order valence-electron chi connectivity index (χ2n) is 7.76. The molecule has 0 saturated carbocycles. The lowest BCUT2D eigenvalue weighted by Crippen LogP contribution is -2.42. The predicted molar refractivity (Wildman–Crippen MR) is 106 cm³/mol. The molecule has 1 aromatic carbocycles. The van der Waals surface area contributed by atoms with Gasteiger partial charge in [-0.05, 0) is 58.7 Å². The highest BCUT2D eigenvalue weighted by Gasteiger charge is 2.26. The Bertz CT molecular complexity index is 717. The highest BCUT2D eigenvalue weighted by atomic mass is 35.5. The van der Waals surface area contributed by atoms with E-state index in [0.29, 0.717) is 11.6 Å². The van der Waals surface area contributed by atoms with Gasteiger partial charge in [0.2, 0.25) is 15.9 Å². The third kappa shape index (κ3) is 6.54. The van der Waals surface area contributed by atoms with Crippen LogP contribution < -0.4 is 15.4 Å². The molecule has 1 aromatic rings. The Morgan fingerprint density at radius 3 is 2.54 bits per heavy atom. The summed E-state index contributed by atoms with van der Waals surface area (Å²) in [7, 11) is -3.64. The first kappa shape index (κ1) is 22.9. The SMILES string of the molecule is C[C@H]1C[C@@H](C(=O)NCc2ccccc2S(=O)(=O)NC(C)(C)C)CCN1.Cl. The van der Waals surface area contributed by atoms with Crippen LogP contribution in [0.3, 0.4) is 0 Å². The maximum absolute atomic E-state index is 12.6. The molecule has 0 aliphatic carbocycles. The van der Waals surface area contributed by atoms with Crippen LogP contribution in [0.25, 0.3) is 0 Å². The molecule has 3 N–H and O–H groups in total. The minimum atomic E-state index is -3.64. The van der Waals surface area contributed by atoms with Crippen molar-refractivity contribution in [2.45, 2.75) is 63.6 Å². The maximum Gasteiger partial charge on any atom is 0.241 e. The van der Waals surface area contributed by atoms with Crippen LogP contribution in [0.1, 0.15) is 46.1 Å². The molecule has 8 heteroatoms. The second kappa shape index (κ2) is 9.17. The number of halogens is 1. The van der Waals surface area contributed by atoms with Gasteiger partial charge in [0, 0.05) is 24.0 Å². The van der Waals surface area contributed by atoms with Crippen molar-refractivity contribution in [2.75, 3.05) is 6.54 Å². The number of carbonyl (C=O) groups excluding carboxylic acids is 1. The van der Waals surface area contributed by atoms with Crippen LogP contribution >= 0.6 is 12.4 Å². The fourth-order valence-corrected chi connectivity index (χ4v) is 4.73. The first-order valence-corrected chi connectivity index (χ1v) is 10.2. The highest BCUT2D eigenvalue weighted by molar-refractivity contribution is 7.89. The molecule has 1 saturated heterocycles. The van der Waals surface area contributed by atoms with E-state index in [0.717, 1.165) is 19.4 Å². The average molecular weight is 404 g/mol. The lowest BCUT2D eigenvalue weighted by atomic mass is 9.92. The fraction of sp³-hybridized carbons (Fsp3) is 0.611. The summed E-state index contributed by atoms with van der Waals surface area (Å²) in [5.74, 6) is -0.0305. The van der Waals surface area contributed by atoms with Gasteiger partial charge < -0.3 is 10.6 Å². The monoisotopic (exact) mass is 403 g/mol. The molecule has 0 spiro atoms. The molecule has 0 radical (unpaired) electrons. The Hall–Kier alpha value is -1.15. The standard InChI is InChI=1S/C18H29N3O3S.ClH/c1-13-11-14(9-10-19-13)17(22)20-12-15-7-5-6-8-16(15)25(23,24)21-18(2,3)4;/h5-8,13-14,19,21H,9-12H2,1-4H3,(H,20,22);1H/t13-,14-;/m0./s1. The smallest absolute Gasteiger partial charge is 0.241 e.